The molecule has 1 aromatic rings. The molecule has 1 aromatic carbocycles. The van der Waals surface area contributed by atoms with Crippen molar-refractivity contribution in [3.8, 4) is 0 Å². The van der Waals surface area contributed by atoms with E-state index in [1.807, 2.05) is 0 Å². The van der Waals surface area contributed by atoms with Gasteiger partial charge in [0.1, 0.15) is 23.0 Å². The maximum absolute atomic E-state index is 13.7. The molecule has 128 valence electrons. The maximum Gasteiger partial charge on any atom is 0.259 e. The smallest absolute Gasteiger partial charge is 0.259 e. The van der Waals surface area contributed by atoms with E-state index in [0.717, 1.165) is 38.8 Å². The van der Waals surface area contributed by atoms with Crippen molar-refractivity contribution in [3.05, 3.63) is 35.1 Å². The minimum Gasteiger partial charge on any atom is -0.338 e. The SMILES string of the molecule is Cl.O=C(c1c(F)cc(F)cc1F)N1CCC2(CCNCC2)CC1. The second kappa shape index (κ2) is 7.09. The first-order chi connectivity index (χ1) is 10.5. The molecule has 2 aliphatic heterocycles. The zero-order valence-electron chi connectivity index (χ0n) is 12.7. The molecule has 1 amide bonds. The lowest BCUT2D eigenvalue weighted by molar-refractivity contribution is 0.0487. The Morgan fingerprint density at radius 3 is 2.04 bits per heavy atom. The molecule has 0 saturated carbocycles. The summed E-state index contributed by atoms with van der Waals surface area (Å²) in [5, 5.41) is 3.32. The highest BCUT2D eigenvalue weighted by Gasteiger charge is 2.37. The summed E-state index contributed by atoms with van der Waals surface area (Å²) in [7, 11) is 0. The molecular weight excluding hydrogens is 329 g/mol. The molecule has 0 aromatic heterocycles. The van der Waals surface area contributed by atoms with Crippen molar-refractivity contribution in [3.63, 3.8) is 0 Å². The van der Waals surface area contributed by atoms with Gasteiger partial charge in [0.05, 0.1) is 0 Å². The van der Waals surface area contributed by atoms with Crippen molar-refractivity contribution in [1.82, 2.24) is 10.2 Å². The zero-order valence-corrected chi connectivity index (χ0v) is 13.5. The Hall–Kier alpha value is -1.27. The molecule has 2 heterocycles. The van der Waals surface area contributed by atoms with Gasteiger partial charge in [-0.1, -0.05) is 0 Å². The van der Waals surface area contributed by atoms with Gasteiger partial charge in [0, 0.05) is 25.2 Å². The zero-order chi connectivity index (χ0) is 15.7. The average molecular weight is 349 g/mol. The number of likely N-dealkylation sites (tertiary alicyclic amines) is 1. The Balaban J connectivity index is 0.00000192. The molecule has 3 rings (SSSR count). The molecule has 0 bridgehead atoms. The number of piperidine rings is 2. The Bertz CT molecular complexity index is 558. The number of rotatable bonds is 1. The summed E-state index contributed by atoms with van der Waals surface area (Å²) in [4.78, 5) is 13.8. The summed E-state index contributed by atoms with van der Waals surface area (Å²) in [6, 6.07) is 1.10. The largest absolute Gasteiger partial charge is 0.338 e. The summed E-state index contributed by atoms with van der Waals surface area (Å²) in [6.07, 6.45) is 3.86. The molecule has 1 spiro atoms. The molecule has 2 aliphatic rings. The number of nitrogens with one attached hydrogen (secondary N) is 1. The Morgan fingerprint density at radius 1 is 1.00 bits per heavy atom. The Labute approximate surface area is 139 Å². The van der Waals surface area contributed by atoms with Crippen LogP contribution in [-0.2, 0) is 0 Å². The van der Waals surface area contributed by atoms with Crippen LogP contribution < -0.4 is 5.32 Å². The minimum absolute atomic E-state index is 0. The predicted molar refractivity (Wildman–Crippen MR) is 83.2 cm³/mol. The first-order valence-corrected chi connectivity index (χ1v) is 7.65. The third kappa shape index (κ3) is 3.63. The maximum atomic E-state index is 13.7. The van der Waals surface area contributed by atoms with E-state index in [1.165, 1.54) is 4.90 Å². The van der Waals surface area contributed by atoms with Crippen LogP contribution in [0.15, 0.2) is 12.1 Å². The van der Waals surface area contributed by atoms with E-state index in [0.29, 0.717) is 25.2 Å². The summed E-state index contributed by atoms with van der Waals surface area (Å²) in [5.74, 6) is -3.97. The number of nitrogens with zero attached hydrogens (tertiary/aromatic N) is 1. The topological polar surface area (TPSA) is 32.3 Å². The minimum atomic E-state index is -1.13. The number of benzene rings is 1. The molecule has 0 radical (unpaired) electrons. The van der Waals surface area contributed by atoms with Gasteiger partial charge in [-0.3, -0.25) is 4.79 Å². The summed E-state index contributed by atoms with van der Waals surface area (Å²) in [5.41, 5.74) is -0.398. The number of amides is 1. The van der Waals surface area contributed by atoms with E-state index in [4.69, 9.17) is 0 Å². The van der Waals surface area contributed by atoms with Gasteiger partial charge in [0.2, 0.25) is 0 Å². The van der Waals surface area contributed by atoms with Crippen molar-refractivity contribution >= 4 is 18.3 Å². The van der Waals surface area contributed by atoms with E-state index in [2.05, 4.69) is 5.32 Å². The lowest BCUT2D eigenvalue weighted by atomic mass is 9.71. The van der Waals surface area contributed by atoms with Crippen LogP contribution in [-0.4, -0.2) is 37.0 Å². The standard InChI is InChI=1S/C16H19F3N2O.ClH/c17-11-9-12(18)14(13(19)10-11)15(22)21-7-3-16(4-8-21)1-5-20-6-2-16;/h9-10,20H,1-8H2;1H. The van der Waals surface area contributed by atoms with Gasteiger partial charge in [-0.2, -0.15) is 0 Å². The van der Waals surface area contributed by atoms with E-state index in [1.54, 1.807) is 0 Å². The molecule has 2 saturated heterocycles. The van der Waals surface area contributed by atoms with Gasteiger partial charge >= 0.3 is 0 Å². The quantitative estimate of drug-likeness (QED) is 0.845. The van der Waals surface area contributed by atoms with Crippen LogP contribution in [0.5, 0.6) is 0 Å². The Kier molecular flexibility index (Phi) is 5.57. The summed E-state index contributed by atoms with van der Waals surface area (Å²) >= 11 is 0. The first kappa shape index (κ1) is 18.1. The fourth-order valence-corrected chi connectivity index (χ4v) is 3.55. The van der Waals surface area contributed by atoms with Gasteiger partial charge < -0.3 is 10.2 Å². The number of hydrogen-bond donors (Lipinski definition) is 1. The normalized spacial score (nSPS) is 20.2. The summed E-state index contributed by atoms with van der Waals surface area (Å²) in [6.45, 7) is 2.95. The Morgan fingerprint density at radius 2 is 1.52 bits per heavy atom. The fourth-order valence-electron chi connectivity index (χ4n) is 3.55. The van der Waals surface area contributed by atoms with Crippen molar-refractivity contribution in [2.45, 2.75) is 25.7 Å². The van der Waals surface area contributed by atoms with E-state index in [9.17, 15) is 18.0 Å². The van der Waals surface area contributed by atoms with Crippen LogP contribution in [0.1, 0.15) is 36.0 Å². The monoisotopic (exact) mass is 348 g/mol. The van der Waals surface area contributed by atoms with Gasteiger partial charge in [-0.05, 0) is 44.2 Å². The molecule has 1 N–H and O–H groups in total. The average Bonchev–Trinajstić information content (AvgIpc) is 2.47. The van der Waals surface area contributed by atoms with Crippen molar-refractivity contribution < 1.29 is 18.0 Å². The van der Waals surface area contributed by atoms with E-state index < -0.39 is 28.9 Å². The molecule has 0 aliphatic carbocycles. The highest BCUT2D eigenvalue weighted by Crippen LogP contribution is 2.39. The van der Waals surface area contributed by atoms with Gasteiger partial charge in [0.25, 0.3) is 5.91 Å². The van der Waals surface area contributed by atoms with E-state index >= 15 is 0 Å². The lowest BCUT2D eigenvalue weighted by Gasteiger charge is -2.44. The van der Waals surface area contributed by atoms with Gasteiger partial charge in [0.15, 0.2) is 0 Å². The molecule has 23 heavy (non-hydrogen) atoms. The van der Waals surface area contributed by atoms with E-state index in [-0.39, 0.29) is 17.8 Å². The van der Waals surface area contributed by atoms with Crippen molar-refractivity contribution in [1.29, 1.82) is 0 Å². The van der Waals surface area contributed by atoms with Crippen molar-refractivity contribution in [2.24, 2.45) is 5.41 Å². The van der Waals surface area contributed by atoms with Crippen LogP contribution >= 0.6 is 12.4 Å². The van der Waals surface area contributed by atoms with Crippen LogP contribution in [0.2, 0.25) is 0 Å². The number of carbonyl (C=O) groups is 1. The number of hydrogen-bond acceptors (Lipinski definition) is 2. The highest BCUT2D eigenvalue weighted by atomic mass is 35.5. The second-order valence-corrected chi connectivity index (χ2v) is 6.29. The van der Waals surface area contributed by atoms with Crippen LogP contribution in [0.25, 0.3) is 0 Å². The van der Waals surface area contributed by atoms with Crippen molar-refractivity contribution in [2.75, 3.05) is 26.2 Å². The van der Waals surface area contributed by atoms with Crippen LogP contribution in [0.3, 0.4) is 0 Å². The number of halogens is 4. The first-order valence-electron chi connectivity index (χ1n) is 7.65. The molecule has 0 atom stereocenters. The number of carbonyl (C=O) groups excluding carboxylic acids is 1. The van der Waals surface area contributed by atoms with Crippen LogP contribution in [0.4, 0.5) is 13.2 Å². The fraction of sp³-hybridized carbons (Fsp3) is 0.562. The van der Waals surface area contributed by atoms with Gasteiger partial charge in [-0.15, -0.1) is 12.4 Å². The third-order valence-corrected chi connectivity index (χ3v) is 5.00. The summed E-state index contributed by atoms with van der Waals surface area (Å²) < 4.78 is 40.4. The lowest BCUT2D eigenvalue weighted by Crippen LogP contribution is -2.47. The molecular formula is C16H20ClF3N2O. The highest BCUT2D eigenvalue weighted by molar-refractivity contribution is 5.94. The molecule has 3 nitrogen and oxygen atoms in total. The molecule has 7 heteroatoms. The second-order valence-electron chi connectivity index (χ2n) is 6.29. The third-order valence-electron chi connectivity index (χ3n) is 5.00. The molecule has 2 fully saturated rings. The van der Waals surface area contributed by atoms with Crippen LogP contribution in [0, 0.1) is 22.9 Å². The van der Waals surface area contributed by atoms with Gasteiger partial charge in [-0.25, -0.2) is 13.2 Å². The molecule has 0 unspecified atom stereocenters. The predicted octanol–water partition coefficient (Wildman–Crippen LogP) is 3.13.